The third-order valence-electron chi connectivity index (χ3n) is 1.05. The number of hydrogen-bond acceptors (Lipinski definition) is 3. The molecule has 0 spiro atoms. The van der Waals surface area contributed by atoms with Crippen molar-refractivity contribution in [2.24, 2.45) is 0 Å². The third-order valence-corrected chi connectivity index (χ3v) is 1.90. The first kappa shape index (κ1) is 7.54. The van der Waals surface area contributed by atoms with E-state index in [2.05, 4.69) is 24.1 Å². The van der Waals surface area contributed by atoms with E-state index >= 15 is 0 Å². The molecule has 0 unspecified atom stereocenters. The van der Waals surface area contributed by atoms with Gasteiger partial charge in [-0.05, 0) is 20.8 Å². The number of aromatic nitrogens is 1. The summed E-state index contributed by atoms with van der Waals surface area (Å²) in [5.74, 6) is 0. The molecular formula is C7H12N2S. The molecule has 0 bridgehead atoms. The van der Waals surface area contributed by atoms with Gasteiger partial charge in [-0.25, -0.2) is 4.98 Å². The number of nitrogens with one attached hydrogen (secondary N) is 1. The second-order valence-electron chi connectivity index (χ2n) is 2.54. The molecule has 1 rings (SSSR count). The first-order chi connectivity index (χ1) is 4.68. The summed E-state index contributed by atoms with van der Waals surface area (Å²) in [6, 6.07) is 0.500. The lowest BCUT2D eigenvalue weighted by atomic mass is 10.4. The van der Waals surface area contributed by atoms with Crippen molar-refractivity contribution in [3.8, 4) is 0 Å². The number of rotatable bonds is 2. The highest BCUT2D eigenvalue weighted by Crippen LogP contribution is 2.17. The molecule has 0 aliphatic carbocycles. The van der Waals surface area contributed by atoms with Gasteiger partial charge >= 0.3 is 0 Å². The molecular weight excluding hydrogens is 144 g/mol. The Morgan fingerprint density at radius 2 is 2.30 bits per heavy atom. The summed E-state index contributed by atoms with van der Waals surface area (Å²) >= 11 is 1.69. The molecule has 2 nitrogen and oxygen atoms in total. The van der Waals surface area contributed by atoms with Crippen LogP contribution in [0.3, 0.4) is 0 Å². The lowest BCUT2D eigenvalue weighted by Gasteiger charge is -2.04. The van der Waals surface area contributed by atoms with Crippen molar-refractivity contribution in [3.05, 3.63) is 11.2 Å². The van der Waals surface area contributed by atoms with Crippen LogP contribution in [0.4, 0.5) is 5.00 Å². The van der Waals surface area contributed by atoms with Gasteiger partial charge < -0.3 is 5.32 Å². The summed E-state index contributed by atoms with van der Waals surface area (Å²) in [6.07, 6.45) is 1.88. The summed E-state index contributed by atoms with van der Waals surface area (Å²) in [6.45, 7) is 6.25. The SMILES string of the molecule is Cc1ncc(NC(C)C)s1. The molecule has 0 aliphatic heterocycles. The molecule has 0 fully saturated rings. The maximum Gasteiger partial charge on any atom is 0.109 e. The molecule has 0 aliphatic rings. The fourth-order valence-corrected chi connectivity index (χ4v) is 1.54. The molecule has 56 valence electrons. The topological polar surface area (TPSA) is 24.9 Å². The van der Waals surface area contributed by atoms with Crippen LogP contribution < -0.4 is 5.32 Å². The minimum Gasteiger partial charge on any atom is -0.373 e. The van der Waals surface area contributed by atoms with E-state index in [9.17, 15) is 0 Å². The molecule has 1 N–H and O–H groups in total. The molecule has 0 atom stereocenters. The van der Waals surface area contributed by atoms with Gasteiger partial charge in [0.05, 0.1) is 11.2 Å². The van der Waals surface area contributed by atoms with E-state index in [1.807, 2.05) is 13.1 Å². The Morgan fingerprint density at radius 1 is 1.60 bits per heavy atom. The maximum absolute atomic E-state index is 4.13. The van der Waals surface area contributed by atoms with Crippen LogP contribution in [0.15, 0.2) is 6.20 Å². The first-order valence-corrected chi connectivity index (χ1v) is 4.19. The lowest BCUT2D eigenvalue weighted by molar-refractivity contribution is 0.903. The van der Waals surface area contributed by atoms with Gasteiger partial charge in [0.2, 0.25) is 0 Å². The second kappa shape index (κ2) is 3.01. The van der Waals surface area contributed by atoms with E-state index in [0.29, 0.717) is 6.04 Å². The smallest absolute Gasteiger partial charge is 0.109 e. The normalized spacial score (nSPS) is 10.4. The number of thiazole rings is 1. The molecule has 0 saturated heterocycles. The largest absolute Gasteiger partial charge is 0.373 e. The van der Waals surface area contributed by atoms with Crippen molar-refractivity contribution in [3.63, 3.8) is 0 Å². The molecule has 1 aromatic heterocycles. The van der Waals surface area contributed by atoms with Crippen molar-refractivity contribution < 1.29 is 0 Å². The fourth-order valence-electron chi connectivity index (χ4n) is 0.713. The molecule has 1 heterocycles. The molecule has 0 radical (unpaired) electrons. The van der Waals surface area contributed by atoms with Gasteiger partial charge in [-0.3, -0.25) is 0 Å². The van der Waals surface area contributed by atoms with Gasteiger partial charge in [0.1, 0.15) is 5.00 Å². The predicted molar refractivity (Wildman–Crippen MR) is 45.6 cm³/mol. The van der Waals surface area contributed by atoms with E-state index in [0.717, 1.165) is 10.0 Å². The summed E-state index contributed by atoms with van der Waals surface area (Å²) in [5.41, 5.74) is 0. The van der Waals surface area contributed by atoms with Crippen LogP contribution in [-0.4, -0.2) is 11.0 Å². The Morgan fingerprint density at radius 3 is 2.70 bits per heavy atom. The van der Waals surface area contributed by atoms with E-state index < -0.39 is 0 Å². The molecule has 0 amide bonds. The van der Waals surface area contributed by atoms with Crippen molar-refractivity contribution in [2.75, 3.05) is 5.32 Å². The van der Waals surface area contributed by atoms with Crippen molar-refractivity contribution >= 4 is 16.3 Å². The van der Waals surface area contributed by atoms with Crippen LogP contribution >= 0.6 is 11.3 Å². The van der Waals surface area contributed by atoms with Crippen molar-refractivity contribution in [1.29, 1.82) is 0 Å². The van der Waals surface area contributed by atoms with Gasteiger partial charge in [0, 0.05) is 6.04 Å². The van der Waals surface area contributed by atoms with Crippen LogP contribution in [0.1, 0.15) is 18.9 Å². The van der Waals surface area contributed by atoms with Crippen LogP contribution in [0.2, 0.25) is 0 Å². The number of aryl methyl sites for hydroxylation is 1. The minimum absolute atomic E-state index is 0.500. The van der Waals surface area contributed by atoms with Gasteiger partial charge in [-0.1, -0.05) is 0 Å². The van der Waals surface area contributed by atoms with Crippen LogP contribution in [-0.2, 0) is 0 Å². The summed E-state index contributed by atoms with van der Waals surface area (Å²) < 4.78 is 0. The summed E-state index contributed by atoms with van der Waals surface area (Å²) in [7, 11) is 0. The van der Waals surface area contributed by atoms with Gasteiger partial charge in [0.15, 0.2) is 0 Å². The second-order valence-corrected chi connectivity index (χ2v) is 3.78. The molecule has 0 aromatic carbocycles. The monoisotopic (exact) mass is 156 g/mol. The highest BCUT2D eigenvalue weighted by atomic mass is 32.1. The number of hydrogen-bond donors (Lipinski definition) is 1. The number of anilines is 1. The Labute approximate surface area is 65.3 Å². The Hall–Kier alpha value is -0.570. The highest BCUT2D eigenvalue weighted by molar-refractivity contribution is 7.15. The average molecular weight is 156 g/mol. The average Bonchev–Trinajstić information content (AvgIpc) is 2.13. The lowest BCUT2D eigenvalue weighted by Crippen LogP contribution is -2.07. The predicted octanol–water partition coefficient (Wildman–Crippen LogP) is 2.27. The third kappa shape index (κ3) is 1.99. The Bertz CT molecular complexity index is 205. The van der Waals surface area contributed by atoms with E-state index in [1.54, 1.807) is 11.3 Å². The summed E-state index contributed by atoms with van der Waals surface area (Å²) in [4.78, 5) is 4.13. The summed E-state index contributed by atoms with van der Waals surface area (Å²) in [5, 5.41) is 5.56. The quantitative estimate of drug-likeness (QED) is 0.710. The van der Waals surface area contributed by atoms with Crippen molar-refractivity contribution in [2.45, 2.75) is 26.8 Å². The fraction of sp³-hybridized carbons (Fsp3) is 0.571. The van der Waals surface area contributed by atoms with Gasteiger partial charge in [-0.2, -0.15) is 0 Å². The van der Waals surface area contributed by atoms with E-state index in [1.165, 1.54) is 0 Å². The maximum atomic E-state index is 4.13. The Balaban J connectivity index is 2.58. The highest BCUT2D eigenvalue weighted by Gasteiger charge is 1.97. The molecule has 3 heteroatoms. The number of nitrogens with zero attached hydrogens (tertiary/aromatic N) is 1. The molecule has 0 saturated carbocycles. The standard InChI is InChI=1S/C7H12N2S/c1-5(2)9-7-4-8-6(3)10-7/h4-5,9H,1-3H3. The minimum atomic E-state index is 0.500. The van der Waals surface area contributed by atoms with Crippen LogP contribution in [0.5, 0.6) is 0 Å². The van der Waals surface area contributed by atoms with Crippen molar-refractivity contribution in [1.82, 2.24) is 4.98 Å². The zero-order valence-corrected chi connectivity index (χ0v) is 7.33. The van der Waals surface area contributed by atoms with E-state index in [4.69, 9.17) is 0 Å². The zero-order valence-electron chi connectivity index (χ0n) is 6.51. The molecule has 10 heavy (non-hydrogen) atoms. The van der Waals surface area contributed by atoms with Crippen LogP contribution in [0, 0.1) is 6.92 Å². The first-order valence-electron chi connectivity index (χ1n) is 3.37. The van der Waals surface area contributed by atoms with E-state index in [-0.39, 0.29) is 0 Å². The molecule has 1 aromatic rings. The zero-order chi connectivity index (χ0) is 7.56. The Kier molecular flexibility index (Phi) is 2.27. The van der Waals surface area contributed by atoms with Gasteiger partial charge in [-0.15, -0.1) is 11.3 Å². The van der Waals surface area contributed by atoms with Gasteiger partial charge in [0.25, 0.3) is 0 Å². The van der Waals surface area contributed by atoms with Crippen LogP contribution in [0.25, 0.3) is 0 Å².